The molecular weight excluding hydrogens is 158 g/mol. The van der Waals surface area contributed by atoms with Crippen molar-refractivity contribution in [3.63, 3.8) is 0 Å². The van der Waals surface area contributed by atoms with Gasteiger partial charge in [-0.1, -0.05) is 47.5 Å². The second kappa shape index (κ2) is 4.99. The highest BCUT2D eigenvalue weighted by Gasteiger charge is 2.30. The minimum atomic E-state index is 0.348. The Balaban J connectivity index is 4.36. The van der Waals surface area contributed by atoms with Gasteiger partial charge in [0.2, 0.25) is 0 Å². The predicted octanol–water partition coefficient (Wildman–Crippen LogP) is 3.58. The van der Waals surface area contributed by atoms with Gasteiger partial charge in [0.1, 0.15) is 0 Å². The average molecular weight is 185 g/mol. The molecule has 0 rings (SSSR count). The lowest BCUT2D eigenvalue weighted by Crippen LogP contribution is -2.33. The molecular formula is C12H27N. The molecule has 0 aliphatic carbocycles. The Hall–Kier alpha value is -0.0400. The van der Waals surface area contributed by atoms with E-state index in [2.05, 4.69) is 34.6 Å². The molecule has 0 heterocycles. The van der Waals surface area contributed by atoms with Crippen LogP contribution in [0, 0.1) is 10.8 Å². The van der Waals surface area contributed by atoms with E-state index in [-0.39, 0.29) is 0 Å². The first-order valence-corrected chi connectivity index (χ1v) is 5.65. The van der Waals surface area contributed by atoms with Gasteiger partial charge in [0.25, 0.3) is 0 Å². The van der Waals surface area contributed by atoms with Crippen LogP contribution >= 0.6 is 0 Å². The molecule has 0 fully saturated rings. The Morgan fingerprint density at radius 2 is 1.23 bits per heavy atom. The third-order valence-corrected chi connectivity index (χ3v) is 3.91. The molecule has 0 aliphatic heterocycles. The standard InChI is InChI=1S/C12H27N/c1-6-11(4,7-2)9-12(5,8-3)10-13/h6-10,13H2,1-5H3. The second-order valence-electron chi connectivity index (χ2n) is 5.06. The summed E-state index contributed by atoms with van der Waals surface area (Å²) in [5.74, 6) is 0. The monoisotopic (exact) mass is 185 g/mol. The summed E-state index contributed by atoms with van der Waals surface area (Å²) in [6.45, 7) is 12.3. The van der Waals surface area contributed by atoms with Gasteiger partial charge < -0.3 is 5.73 Å². The van der Waals surface area contributed by atoms with Gasteiger partial charge in [-0.3, -0.25) is 0 Å². The van der Waals surface area contributed by atoms with E-state index in [0.29, 0.717) is 10.8 Å². The van der Waals surface area contributed by atoms with Gasteiger partial charge in [-0.25, -0.2) is 0 Å². The van der Waals surface area contributed by atoms with Crippen LogP contribution in [0.15, 0.2) is 0 Å². The van der Waals surface area contributed by atoms with Crippen molar-refractivity contribution in [1.82, 2.24) is 0 Å². The van der Waals surface area contributed by atoms with Gasteiger partial charge in [0.15, 0.2) is 0 Å². The minimum absolute atomic E-state index is 0.348. The summed E-state index contributed by atoms with van der Waals surface area (Å²) in [5, 5.41) is 0. The Morgan fingerprint density at radius 1 is 0.846 bits per heavy atom. The molecule has 0 amide bonds. The normalized spacial score (nSPS) is 17.1. The molecule has 1 atom stereocenters. The highest BCUT2D eigenvalue weighted by atomic mass is 14.6. The molecule has 0 bridgehead atoms. The summed E-state index contributed by atoms with van der Waals surface area (Å²) < 4.78 is 0. The third-order valence-electron chi connectivity index (χ3n) is 3.91. The van der Waals surface area contributed by atoms with E-state index in [9.17, 15) is 0 Å². The van der Waals surface area contributed by atoms with Crippen LogP contribution < -0.4 is 5.73 Å². The predicted molar refractivity (Wildman–Crippen MR) is 60.8 cm³/mol. The first kappa shape index (κ1) is 13.0. The summed E-state index contributed by atoms with van der Waals surface area (Å²) in [6.07, 6.45) is 4.98. The number of hydrogen-bond donors (Lipinski definition) is 1. The molecule has 13 heavy (non-hydrogen) atoms. The van der Waals surface area contributed by atoms with Crippen molar-refractivity contribution < 1.29 is 0 Å². The molecule has 0 aromatic rings. The first-order valence-electron chi connectivity index (χ1n) is 5.65. The topological polar surface area (TPSA) is 26.0 Å². The average Bonchev–Trinajstić information content (AvgIpc) is 2.17. The van der Waals surface area contributed by atoms with Crippen molar-refractivity contribution in [2.24, 2.45) is 16.6 Å². The lowest BCUT2D eigenvalue weighted by Gasteiger charge is -2.37. The maximum atomic E-state index is 5.83. The van der Waals surface area contributed by atoms with E-state index in [1.165, 1.54) is 25.7 Å². The highest BCUT2D eigenvalue weighted by Crippen LogP contribution is 2.40. The van der Waals surface area contributed by atoms with Gasteiger partial charge >= 0.3 is 0 Å². The summed E-state index contributed by atoms with van der Waals surface area (Å²) in [7, 11) is 0. The van der Waals surface area contributed by atoms with Gasteiger partial charge in [0.05, 0.1) is 0 Å². The van der Waals surface area contributed by atoms with Crippen molar-refractivity contribution >= 4 is 0 Å². The van der Waals surface area contributed by atoms with Crippen LogP contribution in [-0.4, -0.2) is 6.54 Å². The Kier molecular flexibility index (Phi) is 4.98. The Labute approximate surface area is 84.1 Å². The molecule has 1 nitrogen and oxygen atoms in total. The number of rotatable bonds is 6. The maximum absolute atomic E-state index is 5.83. The van der Waals surface area contributed by atoms with Gasteiger partial charge in [-0.2, -0.15) is 0 Å². The maximum Gasteiger partial charge on any atom is -0.00231 e. The van der Waals surface area contributed by atoms with Crippen LogP contribution in [0.1, 0.15) is 60.3 Å². The minimum Gasteiger partial charge on any atom is -0.330 e. The Morgan fingerprint density at radius 3 is 1.46 bits per heavy atom. The van der Waals surface area contributed by atoms with Crippen LogP contribution in [0.2, 0.25) is 0 Å². The number of hydrogen-bond acceptors (Lipinski definition) is 1. The van der Waals surface area contributed by atoms with Crippen molar-refractivity contribution in [1.29, 1.82) is 0 Å². The lowest BCUT2D eigenvalue weighted by molar-refractivity contribution is 0.149. The first-order chi connectivity index (χ1) is 5.95. The van der Waals surface area contributed by atoms with Gasteiger partial charge in [0, 0.05) is 0 Å². The molecule has 0 aliphatic rings. The highest BCUT2D eigenvalue weighted by molar-refractivity contribution is 4.83. The fourth-order valence-electron chi connectivity index (χ4n) is 1.87. The van der Waals surface area contributed by atoms with E-state index in [0.717, 1.165) is 6.54 Å². The SMILES string of the molecule is CCC(C)(CC)CC(C)(CC)CN. The van der Waals surface area contributed by atoms with E-state index >= 15 is 0 Å². The van der Waals surface area contributed by atoms with Crippen molar-refractivity contribution in [2.45, 2.75) is 60.3 Å². The van der Waals surface area contributed by atoms with E-state index in [4.69, 9.17) is 5.73 Å². The summed E-state index contributed by atoms with van der Waals surface area (Å²) in [6, 6.07) is 0. The van der Waals surface area contributed by atoms with E-state index < -0.39 is 0 Å². The molecule has 0 saturated carbocycles. The van der Waals surface area contributed by atoms with Gasteiger partial charge in [-0.05, 0) is 30.2 Å². The largest absolute Gasteiger partial charge is 0.330 e. The van der Waals surface area contributed by atoms with Crippen molar-refractivity contribution in [3.8, 4) is 0 Å². The van der Waals surface area contributed by atoms with Crippen LogP contribution in [0.4, 0.5) is 0 Å². The van der Waals surface area contributed by atoms with Crippen LogP contribution in [0.25, 0.3) is 0 Å². The van der Waals surface area contributed by atoms with Crippen LogP contribution in [-0.2, 0) is 0 Å². The number of nitrogens with two attached hydrogens (primary N) is 1. The fraction of sp³-hybridized carbons (Fsp3) is 1.00. The Bertz CT molecular complexity index is 116. The summed E-state index contributed by atoms with van der Waals surface area (Å²) >= 11 is 0. The zero-order chi connectivity index (χ0) is 10.5. The molecule has 1 heteroatoms. The summed E-state index contributed by atoms with van der Waals surface area (Å²) in [4.78, 5) is 0. The second-order valence-corrected chi connectivity index (χ2v) is 5.06. The molecule has 0 spiro atoms. The molecule has 80 valence electrons. The molecule has 0 radical (unpaired) electrons. The molecule has 1 unspecified atom stereocenters. The van der Waals surface area contributed by atoms with Crippen molar-refractivity contribution in [3.05, 3.63) is 0 Å². The van der Waals surface area contributed by atoms with Crippen molar-refractivity contribution in [2.75, 3.05) is 6.54 Å². The van der Waals surface area contributed by atoms with Crippen LogP contribution in [0.3, 0.4) is 0 Å². The van der Waals surface area contributed by atoms with Crippen LogP contribution in [0.5, 0.6) is 0 Å². The van der Waals surface area contributed by atoms with Gasteiger partial charge in [-0.15, -0.1) is 0 Å². The zero-order valence-corrected chi connectivity index (χ0v) is 10.1. The molecule has 0 aromatic heterocycles. The molecule has 0 aromatic carbocycles. The quantitative estimate of drug-likeness (QED) is 0.672. The molecule has 2 N–H and O–H groups in total. The zero-order valence-electron chi connectivity index (χ0n) is 10.1. The molecule has 0 saturated heterocycles. The summed E-state index contributed by atoms with van der Waals surface area (Å²) in [5.41, 5.74) is 6.67. The smallest absolute Gasteiger partial charge is 0.00231 e. The lowest BCUT2D eigenvalue weighted by atomic mass is 9.69. The fourth-order valence-corrected chi connectivity index (χ4v) is 1.87. The van der Waals surface area contributed by atoms with E-state index in [1.807, 2.05) is 0 Å². The third kappa shape index (κ3) is 3.68. The van der Waals surface area contributed by atoms with E-state index in [1.54, 1.807) is 0 Å².